The number of hydrogen-bond acceptors (Lipinski definition) is 5. The Morgan fingerprint density at radius 3 is 2.68 bits per heavy atom. The molecule has 25 heavy (non-hydrogen) atoms. The average Bonchev–Trinajstić information content (AvgIpc) is 2.60. The number of nitriles is 1. The van der Waals surface area contributed by atoms with Crippen LogP contribution in [-0.4, -0.2) is 25.1 Å². The molecule has 2 aromatic carbocycles. The van der Waals surface area contributed by atoms with Crippen molar-refractivity contribution in [3.05, 3.63) is 58.9 Å². The van der Waals surface area contributed by atoms with Crippen LogP contribution in [0, 0.1) is 17.1 Å². The molecule has 0 aliphatic heterocycles. The second-order valence-electron chi connectivity index (χ2n) is 4.73. The minimum Gasteiger partial charge on any atom is -0.481 e. The predicted octanol–water partition coefficient (Wildman–Crippen LogP) is 2.91. The van der Waals surface area contributed by atoms with E-state index in [0.717, 1.165) is 6.07 Å². The fourth-order valence-corrected chi connectivity index (χ4v) is 1.95. The molecule has 0 spiro atoms. The molecule has 1 N–H and O–H groups in total. The van der Waals surface area contributed by atoms with Crippen LogP contribution < -0.4 is 10.1 Å². The van der Waals surface area contributed by atoms with Crippen LogP contribution in [0.4, 0.5) is 10.1 Å². The molecule has 1 amide bonds. The highest BCUT2D eigenvalue weighted by Crippen LogP contribution is 2.19. The number of nitrogens with zero attached hydrogens (tertiary/aromatic N) is 1. The number of halogens is 2. The number of ether oxygens (including phenoxy) is 2. The van der Waals surface area contributed by atoms with Crippen molar-refractivity contribution in [3.63, 3.8) is 0 Å². The summed E-state index contributed by atoms with van der Waals surface area (Å²) in [4.78, 5) is 23.2. The van der Waals surface area contributed by atoms with Gasteiger partial charge in [-0.15, -0.1) is 0 Å². The molecule has 0 atom stereocenters. The van der Waals surface area contributed by atoms with Gasteiger partial charge in [-0.3, -0.25) is 4.79 Å². The molecule has 8 heteroatoms. The molecule has 128 valence electrons. The Morgan fingerprint density at radius 2 is 1.96 bits per heavy atom. The van der Waals surface area contributed by atoms with Crippen molar-refractivity contribution in [1.29, 1.82) is 5.26 Å². The van der Waals surface area contributed by atoms with Crippen LogP contribution in [-0.2, 0) is 14.3 Å². The molecule has 0 saturated heterocycles. The monoisotopic (exact) mass is 362 g/mol. The summed E-state index contributed by atoms with van der Waals surface area (Å²) in [7, 11) is 0. The maximum absolute atomic E-state index is 13.5. The number of esters is 1. The number of nitrogens with one attached hydrogen (secondary N) is 1. The van der Waals surface area contributed by atoms with E-state index in [4.69, 9.17) is 26.3 Å². The number of carbonyl (C=O) groups is 2. The lowest BCUT2D eigenvalue weighted by atomic mass is 10.2. The van der Waals surface area contributed by atoms with Crippen LogP contribution in [0.15, 0.2) is 42.5 Å². The minimum atomic E-state index is -0.806. The summed E-state index contributed by atoms with van der Waals surface area (Å²) in [5, 5.41) is 11.3. The molecule has 0 aliphatic carbocycles. The molecule has 0 fully saturated rings. The quantitative estimate of drug-likeness (QED) is 0.798. The van der Waals surface area contributed by atoms with Gasteiger partial charge in [0.15, 0.2) is 13.2 Å². The number of amides is 1. The summed E-state index contributed by atoms with van der Waals surface area (Å²) in [6.45, 7) is -1.08. The lowest BCUT2D eigenvalue weighted by Crippen LogP contribution is -2.24. The van der Waals surface area contributed by atoms with Crippen LogP contribution in [0.1, 0.15) is 5.56 Å². The van der Waals surface area contributed by atoms with E-state index >= 15 is 0 Å². The number of rotatable bonds is 6. The van der Waals surface area contributed by atoms with Crippen LogP contribution in [0.2, 0.25) is 5.02 Å². The zero-order valence-electron chi connectivity index (χ0n) is 12.8. The highest BCUT2D eigenvalue weighted by atomic mass is 35.5. The van der Waals surface area contributed by atoms with Crippen molar-refractivity contribution in [2.24, 2.45) is 0 Å². The third kappa shape index (κ3) is 5.48. The van der Waals surface area contributed by atoms with Crippen molar-refractivity contribution >= 4 is 29.2 Å². The number of para-hydroxylation sites is 1. The van der Waals surface area contributed by atoms with E-state index in [9.17, 15) is 14.0 Å². The number of carbonyl (C=O) groups excluding carboxylic acids is 2. The van der Waals surface area contributed by atoms with Crippen molar-refractivity contribution in [2.45, 2.75) is 0 Å². The molecule has 0 heterocycles. The first-order chi connectivity index (χ1) is 12.0. The van der Waals surface area contributed by atoms with Crippen molar-refractivity contribution in [3.8, 4) is 11.8 Å². The van der Waals surface area contributed by atoms with Crippen molar-refractivity contribution in [2.75, 3.05) is 18.5 Å². The topological polar surface area (TPSA) is 88.4 Å². The summed E-state index contributed by atoms with van der Waals surface area (Å²) in [5.74, 6) is -2.00. The Morgan fingerprint density at radius 1 is 1.20 bits per heavy atom. The van der Waals surface area contributed by atoms with Crippen LogP contribution in [0.25, 0.3) is 0 Å². The van der Waals surface area contributed by atoms with Gasteiger partial charge in [-0.05, 0) is 30.3 Å². The van der Waals surface area contributed by atoms with E-state index in [2.05, 4.69) is 5.32 Å². The molecule has 2 rings (SSSR count). The third-order valence-corrected chi connectivity index (χ3v) is 3.16. The smallest absolute Gasteiger partial charge is 0.344 e. The van der Waals surface area contributed by atoms with Crippen LogP contribution >= 0.6 is 11.6 Å². The lowest BCUT2D eigenvalue weighted by Gasteiger charge is -2.09. The molecule has 0 radical (unpaired) electrons. The van der Waals surface area contributed by atoms with E-state index in [1.54, 1.807) is 12.1 Å². The Kier molecular flexibility index (Phi) is 6.32. The molecular weight excluding hydrogens is 351 g/mol. The number of hydrogen-bond donors (Lipinski definition) is 1. The fourth-order valence-electron chi connectivity index (χ4n) is 1.79. The first kappa shape index (κ1) is 18.2. The van der Waals surface area contributed by atoms with Gasteiger partial charge in [0.2, 0.25) is 0 Å². The Bertz CT molecular complexity index is 836. The first-order valence-electron chi connectivity index (χ1n) is 7.02. The zero-order valence-corrected chi connectivity index (χ0v) is 13.5. The summed E-state index contributed by atoms with van der Waals surface area (Å²) >= 11 is 5.61. The van der Waals surface area contributed by atoms with Gasteiger partial charge in [0.25, 0.3) is 5.91 Å². The number of benzene rings is 2. The van der Waals surface area contributed by atoms with Gasteiger partial charge in [0.1, 0.15) is 17.6 Å². The van der Waals surface area contributed by atoms with E-state index < -0.39 is 30.9 Å². The van der Waals surface area contributed by atoms with Gasteiger partial charge in [-0.25, -0.2) is 9.18 Å². The standard InChI is InChI=1S/C17H12ClFN2O4/c18-12-5-6-14(13(19)7-12)21-16(22)9-25-17(23)10-24-15-4-2-1-3-11(15)8-20/h1-7H,9-10H2,(H,21,22). The molecule has 0 saturated carbocycles. The fraction of sp³-hybridized carbons (Fsp3) is 0.118. The Hall–Kier alpha value is -3.11. The highest BCUT2D eigenvalue weighted by molar-refractivity contribution is 6.30. The minimum absolute atomic E-state index is 0.0790. The summed E-state index contributed by atoms with van der Waals surface area (Å²) in [5.41, 5.74) is 0.191. The normalized spacial score (nSPS) is 9.80. The van der Waals surface area contributed by atoms with Crippen molar-refractivity contribution in [1.82, 2.24) is 0 Å². The van der Waals surface area contributed by atoms with Gasteiger partial charge in [-0.1, -0.05) is 23.7 Å². The predicted molar refractivity (Wildman–Crippen MR) is 87.7 cm³/mol. The average molecular weight is 363 g/mol. The van der Waals surface area contributed by atoms with Crippen LogP contribution in [0.3, 0.4) is 0 Å². The second-order valence-corrected chi connectivity index (χ2v) is 5.17. The first-order valence-corrected chi connectivity index (χ1v) is 7.40. The maximum atomic E-state index is 13.5. The summed E-state index contributed by atoms with van der Waals surface area (Å²) < 4.78 is 23.4. The molecule has 0 unspecified atom stereocenters. The number of anilines is 1. The highest BCUT2D eigenvalue weighted by Gasteiger charge is 2.12. The van der Waals surface area contributed by atoms with Gasteiger partial charge in [-0.2, -0.15) is 5.26 Å². The van der Waals surface area contributed by atoms with E-state index in [1.807, 2.05) is 6.07 Å². The van der Waals surface area contributed by atoms with Gasteiger partial charge in [0.05, 0.1) is 11.3 Å². The van der Waals surface area contributed by atoms with Gasteiger partial charge >= 0.3 is 5.97 Å². The molecule has 2 aromatic rings. The van der Waals surface area contributed by atoms with Crippen molar-refractivity contribution < 1.29 is 23.5 Å². The van der Waals surface area contributed by atoms with E-state index in [-0.39, 0.29) is 22.0 Å². The molecule has 0 aliphatic rings. The van der Waals surface area contributed by atoms with E-state index in [1.165, 1.54) is 24.3 Å². The SMILES string of the molecule is N#Cc1ccccc1OCC(=O)OCC(=O)Nc1ccc(Cl)cc1F. The molecule has 0 aromatic heterocycles. The van der Waals surface area contributed by atoms with Gasteiger partial charge in [0, 0.05) is 5.02 Å². The lowest BCUT2D eigenvalue weighted by molar-refractivity contribution is -0.149. The molecule has 6 nitrogen and oxygen atoms in total. The third-order valence-electron chi connectivity index (χ3n) is 2.92. The summed E-state index contributed by atoms with van der Waals surface area (Å²) in [6.07, 6.45) is 0. The zero-order chi connectivity index (χ0) is 18.2. The van der Waals surface area contributed by atoms with E-state index in [0.29, 0.717) is 0 Å². The second kappa shape index (κ2) is 8.66. The molecule has 0 bridgehead atoms. The Balaban J connectivity index is 1.79. The largest absolute Gasteiger partial charge is 0.481 e. The van der Waals surface area contributed by atoms with Crippen LogP contribution in [0.5, 0.6) is 5.75 Å². The van der Waals surface area contributed by atoms with Gasteiger partial charge < -0.3 is 14.8 Å². The molecular formula is C17H12ClFN2O4. The maximum Gasteiger partial charge on any atom is 0.344 e. The Labute approximate surface area is 147 Å². The summed E-state index contributed by atoms with van der Waals surface area (Å²) in [6, 6.07) is 12.0.